The third kappa shape index (κ3) is 6.05. The highest BCUT2D eigenvalue weighted by atomic mass is 35.5. The van der Waals surface area contributed by atoms with Crippen molar-refractivity contribution in [3.05, 3.63) is 63.4 Å². The first-order valence-electron chi connectivity index (χ1n) is 12.0. The van der Waals surface area contributed by atoms with Crippen LogP contribution in [0.2, 0.25) is 5.02 Å². The number of carbonyl (C=O) groups excluding carboxylic acids is 1. The molecule has 1 heterocycles. The van der Waals surface area contributed by atoms with Gasteiger partial charge in [0, 0.05) is 23.3 Å². The van der Waals surface area contributed by atoms with E-state index in [0.717, 1.165) is 19.3 Å². The first kappa shape index (κ1) is 26.1. The van der Waals surface area contributed by atoms with E-state index < -0.39 is 5.25 Å². The third-order valence-electron chi connectivity index (χ3n) is 6.21. The number of hydrogen-bond acceptors (Lipinski definition) is 6. The number of methoxy groups -OCH3 is 2. The third-order valence-corrected chi connectivity index (χ3v) is 7.53. The molecule has 1 atom stereocenters. The van der Waals surface area contributed by atoms with Gasteiger partial charge in [0.25, 0.3) is 5.56 Å². The second kappa shape index (κ2) is 11.8. The predicted molar refractivity (Wildman–Crippen MR) is 146 cm³/mol. The van der Waals surface area contributed by atoms with E-state index in [1.807, 2.05) is 0 Å². The van der Waals surface area contributed by atoms with Crippen molar-refractivity contribution in [3.8, 4) is 11.5 Å². The van der Waals surface area contributed by atoms with Crippen LogP contribution in [0.5, 0.6) is 11.5 Å². The summed E-state index contributed by atoms with van der Waals surface area (Å²) in [5.74, 6) is 0.760. The van der Waals surface area contributed by atoms with Gasteiger partial charge in [0.05, 0.1) is 30.4 Å². The predicted octanol–water partition coefficient (Wildman–Crippen LogP) is 6.08. The molecule has 2 aromatic carbocycles. The number of amides is 1. The van der Waals surface area contributed by atoms with Gasteiger partial charge in [0.1, 0.15) is 0 Å². The van der Waals surface area contributed by atoms with Gasteiger partial charge < -0.3 is 14.8 Å². The number of fused-ring (bicyclic) bond motifs is 1. The lowest BCUT2D eigenvalue weighted by Crippen LogP contribution is -2.27. The fourth-order valence-electron chi connectivity index (χ4n) is 4.22. The molecule has 9 heteroatoms. The summed E-state index contributed by atoms with van der Waals surface area (Å²) >= 11 is 7.30. The number of carbonyl (C=O) groups is 1. The van der Waals surface area contributed by atoms with E-state index in [4.69, 9.17) is 26.1 Å². The maximum atomic E-state index is 13.6. The zero-order chi connectivity index (χ0) is 25.7. The Kier molecular flexibility index (Phi) is 8.59. The fourth-order valence-corrected chi connectivity index (χ4v) is 5.35. The van der Waals surface area contributed by atoms with E-state index in [1.54, 1.807) is 55.0 Å². The molecular weight excluding hydrogens is 498 g/mol. The second-order valence-corrected chi connectivity index (χ2v) is 10.4. The van der Waals surface area contributed by atoms with Gasteiger partial charge >= 0.3 is 0 Å². The maximum Gasteiger partial charge on any atom is 0.262 e. The molecule has 0 saturated carbocycles. The number of nitrogens with zero attached hydrogens (tertiary/aromatic N) is 2. The number of benzene rings is 2. The monoisotopic (exact) mass is 527 g/mol. The number of rotatable bonds is 9. The van der Waals surface area contributed by atoms with Crippen LogP contribution in [0.4, 0.5) is 5.69 Å². The molecule has 1 N–H and O–H groups in total. The van der Waals surface area contributed by atoms with Gasteiger partial charge in [-0.1, -0.05) is 41.1 Å². The Hall–Kier alpha value is -2.97. The van der Waals surface area contributed by atoms with E-state index in [9.17, 15) is 9.59 Å². The van der Waals surface area contributed by atoms with Crippen LogP contribution in [0.15, 0.2) is 58.0 Å². The number of allylic oxidation sites excluding steroid dienone is 2. The van der Waals surface area contributed by atoms with Crippen LogP contribution in [-0.2, 0) is 11.3 Å². The summed E-state index contributed by atoms with van der Waals surface area (Å²) in [5, 5.41) is 3.86. The summed E-state index contributed by atoms with van der Waals surface area (Å²) in [6, 6.07) is 10.4. The highest BCUT2D eigenvalue weighted by Gasteiger charge is 2.21. The average Bonchev–Trinajstić information content (AvgIpc) is 2.88. The highest BCUT2D eigenvalue weighted by Crippen LogP contribution is 2.32. The minimum Gasteiger partial charge on any atom is -0.493 e. The number of aromatic nitrogens is 2. The standard InChI is InChI=1S/C27H30ClN3O4S/c1-17(25(32)29-20-11-7-10-19(28)14-20)36-27-30-22-16-24(35-3)23(34-2)15-21(22)26(33)31(27)13-12-18-8-5-4-6-9-18/h7-8,10-11,14-17H,4-6,9,12-13H2,1-3H3,(H,29,32). The molecule has 0 saturated heterocycles. The molecule has 0 spiro atoms. The van der Waals surface area contributed by atoms with Crippen LogP contribution in [0.1, 0.15) is 39.0 Å². The lowest BCUT2D eigenvalue weighted by Gasteiger charge is -2.18. The number of anilines is 1. The summed E-state index contributed by atoms with van der Waals surface area (Å²) in [5.41, 5.74) is 2.31. The summed E-state index contributed by atoms with van der Waals surface area (Å²) < 4.78 is 12.5. The minimum absolute atomic E-state index is 0.165. The molecule has 1 aromatic heterocycles. The Morgan fingerprint density at radius 2 is 1.97 bits per heavy atom. The Morgan fingerprint density at radius 3 is 2.67 bits per heavy atom. The molecule has 1 unspecified atom stereocenters. The Morgan fingerprint density at radius 1 is 1.19 bits per heavy atom. The molecule has 0 aliphatic heterocycles. The van der Waals surface area contributed by atoms with Crippen molar-refractivity contribution in [1.29, 1.82) is 0 Å². The average molecular weight is 528 g/mol. The molecule has 190 valence electrons. The number of hydrogen-bond donors (Lipinski definition) is 1. The molecule has 3 aromatic rings. The van der Waals surface area contributed by atoms with E-state index in [-0.39, 0.29) is 11.5 Å². The molecule has 1 aliphatic carbocycles. The van der Waals surface area contributed by atoms with Gasteiger partial charge in [-0.2, -0.15) is 0 Å². The maximum absolute atomic E-state index is 13.6. The zero-order valence-electron chi connectivity index (χ0n) is 20.7. The van der Waals surface area contributed by atoms with Crippen LogP contribution in [0.3, 0.4) is 0 Å². The molecular formula is C27H30ClN3O4S. The normalized spacial score (nSPS) is 14.3. The van der Waals surface area contributed by atoms with Crippen molar-refractivity contribution in [2.24, 2.45) is 0 Å². The minimum atomic E-state index is -0.506. The van der Waals surface area contributed by atoms with Gasteiger partial charge in [-0.3, -0.25) is 14.2 Å². The first-order chi connectivity index (χ1) is 17.4. The van der Waals surface area contributed by atoms with Gasteiger partial charge in [-0.15, -0.1) is 0 Å². The summed E-state index contributed by atoms with van der Waals surface area (Å²) in [6.07, 6.45) is 7.59. The van der Waals surface area contributed by atoms with E-state index in [2.05, 4.69) is 11.4 Å². The first-order valence-corrected chi connectivity index (χ1v) is 13.2. The van der Waals surface area contributed by atoms with Crippen LogP contribution in [0.25, 0.3) is 10.9 Å². The van der Waals surface area contributed by atoms with E-state index in [0.29, 0.717) is 44.8 Å². The van der Waals surface area contributed by atoms with E-state index in [1.165, 1.54) is 37.3 Å². The van der Waals surface area contributed by atoms with Crippen molar-refractivity contribution < 1.29 is 14.3 Å². The molecule has 7 nitrogen and oxygen atoms in total. The van der Waals surface area contributed by atoms with Crippen molar-refractivity contribution in [1.82, 2.24) is 9.55 Å². The quantitative estimate of drug-likeness (QED) is 0.206. The number of nitrogens with one attached hydrogen (secondary N) is 1. The van der Waals surface area contributed by atoms with Gasteiger partial charge in [-0.05, 0) is 63.3 Å². The van der Waals surface area contributed by atoms with Crippen molar-refractivity contribution >= 4 is 45.9 Å². The van der Waals surface area contributed by atoms with Crippen LogP contribution >= 0.6 is 23.4 Å². The summed E-state index contributed by atoms with van der Waals surface area (Å²) in [6.45, 7) is 2.29. The molecule has 0 bridgehead atoms. The van der Waals surface area contributed by atoms with Crippen LogP contribution in [0, 0.1) is 0 Å². The lowest BCUT2D eigenvalue weighted by atomic mass is 9.97. The highest BCUT2D eigenvalue weighted by molar-refractivity contribution is 8.00. The van der Waals surface area contributed by atoms with E-state index >= 15 is 0 Å². The van der Waals surface area contributed by atoms with Crippen LogP contribution in [-0.4, -0.2) is 34.9 Å². The van der Waals surface area contributed by atoms with Gasteiger partial charge in [-0.25, -0.2) is 4.98 Å². The smallest absolute Gasteiger partial charge is 0.262 e. The number of thioether (sulfide) groups is 1. The second-order valence-electron chi connectivity index (χ2n) is 8.69. The molecule has 0 fully saturated rings. The zero-order valence-corrected chi connectivity index (χ0v) is 22.2. The SMILES string of the molecule is COc1cc2nc(SC(C)C(=O)Nc3cccc(Cl)c3)n(CCC3=CCCCC3)c(=O)c2cc1OC. The fraction of sp³-hybridized carbons (Fsp3) is 0.370. The summed E-state index contributed by atoms with van der Waals surface area (Å²) in [7, 11) is 3.08. The molecule has 4 rings (SSSR count). The molecule has 1 amide bonds. The Bertz CT molecular complexity index is 1350. The largest absolute Gasteiger partial charge is 0.493 e. The Labute approximate surface area is 219 Å². The van der Waals surface area contributed by atoms with Crippen molar-refractivity contribution in [2.75, 3.05) is 19.5 Å². The van der Waals surface area contributed by atoms with Crippen molar-refractivity contribution in [3.63, 3.8) is 0 Å². The molecule has 1 aliphatic rings. The Balaban J connectivity index is 1.68. The topological polar surface area (TPSA) is 82.5 Å². The number of ether oxygens (including phenoxy) is 2. The lowest BCUT2D eigenvalue weighted by molar-refractivity contribution is -0.115. The van der Waals surface area contributed by atoms with Gasteiger partial charge in [0.15, 0.2) is 16.7 Å². The van der Waals surface area contributed by atoms with Crippen LogP contribution < -0.4 is 20.3 Å². The van der Waals surface area contributed by atoms with Gasteiger partial charge in [0.2, 0.25) is 5.91 Å². The van der Waals surface area contributed by atoms with Crippen molar-refractivity contribution in [2.45, 2.75) is 56.0 Å². The summed E-state index contributed by atoms with van der Waals surface area (Å²) in [4.78, 5) is 31.4. The number of halogens is 1. The molecule has 0 radical (unpaired) electrons. The molecule has 36 heavy (non-hydrogen) atoms.